The molecule has 0 radical (unpaired) electrons. The van der Waals surface area contributed by atoms with E-state index >= 15 is 0 Å². The molecule has 0 bridgehead atoms. The lowest BCUT2D eigenvalue weighted by Crippen LogP contribution is -2.19. The highest BCUT2D eigenvalue weighted by molar-refractivity contribution is 14.1. The van der Waals surface area contributed by atoms with Gasteiger partial charge >= 0.3 is 12.0 Å². The van der Waals surface area contributed by atoms with Gasteiger partial charge in [0.15, 0.2) is 0 Å². The van der Waals surface area contributed by atoms with Crippen LogP contribution in [0.2, 0.25) is 0 Å². The second kappa shape index (κ2) is 6.52. The zero-order valence-electron chi connectivity index (χ0n) is 10.5. The molecule has 0 saturated carbocycles. The number of aromatic nitrogens is 2. The third kappa shape index (κ3) is 4.41. The summed E-state index contributed by atoms with van der Waals surface area (Å²) in [5.41, 5.74) is 0.818. The highest BCUT2D eigenvalue weighted by Gasteiger charge is 2.08. The number of halogens is 2. The van der Waals surface area contributed by atoms with Crippen molar-refractivity contribution in [2.75, 3.05) is 10.6 Å². The SMILES string of the molecule is O=C(O)Cn1cc(NC(=O)Nc2ccc(F)cc2I)cn1. The Morgan fingerprint density at radius 3 is 2.81 bits per heavy atom. The molecule has 3 N–H and O–H groups in total. The van der Waals surface area contributed by atoms with Gasteiger partial charge in [-0.15, -0.1) is 0 Å². The molecule has 9 heteroatoms. The Labute approximate surface area is 132 Å². The number of hydrogen-bond donors (Lipinski definition) is 3. The van der Waals surface area contributed by atoms with E-state index in [1.54, 1.807) is 0 Å². The molecule has 21 heavy (non-hydrogen) atoms. The lowest BCUT2D eigenvalue weighted by Gasteiger charge is -2.07. The van der Waals surface area contributed by atoms with E-state index in [9.17, 15) is 14.0 Å². The molecule has 0 fully saturated rings. The van der Waals surface area contributed by atoms with Crippen molar-refractivity contribution in [1.82, 2.24) is 9.78 Å². The third-order valence-corrected chi connectivity index (χ3v) is 3.26. The Bertz CT molecular complexity index is 689. The minimum atomic E-state index is -1.03. The van der Waals surface area contributed by atoms with Crippen molar-refractivity contribution < 1.29 is 19.1 Å². The summed E-state index contributed by atoms with van der Waals surface area (Å²) in [6.07, 6.45) is 2.72. The maximum Gasteiger partial charge on any atom is 0.325 e. The number of amides is 2. The second-order valence-corrected chi connectivity index (χ2v) is 5.19. The molecule has 2 amide bonds. The molecule has 1 heterocycles. The first-order valence-corrected chi connectivity index (χ1v) is 6.79. The first-order chi connectivity index (χ1) is 9.94. The molecule has 1 aromatic heterocycles. The number of anilines is 2. The number of nitrogens with zero attached hydrogens (tertiary/aromatic N) is 2. The average Bonchev–Trinajstić information content (AvgIpc) is 2.79. The summed E-state index contributed by atoms with van der Waals surface area (Å²) in [5, 5.41) is 17.5. The first-order valence-electron chi connectivity index (χ1n) is 5.71. The van der Waals surface area contributed by atoms with Gasteiger partial charge in [0.2, 0.25) is 0 Å². The summed E-state index contributed by atoms with van der Waals surface area (Å²) < 4.78 is 14.7. The summed E-state index contributed by atoms with van der Waals surface area (Å²) >= 11 is 1.90. The van der Waals surface area contributed by atoms with Gasteiger partial charge in [-0.3, -0.25) is 9.48 Å². The van der Waals surface area contributed by atoms with Crippen LogP contribution in [-0.2, 0) is 11.3 Å². The van der Waals surface area contributed by atoms with E-state index < -0.39 is 12.0 Å². The Hall–Kier alpha value is -2.17. The fourth-order valence-corrected chi connectivity index (χ4v) is 2.14. The quantitative estimate of drug-likeness (QED) is 0.682. The Kier molecular flexibility index (Phi) is 4.73. The van der Waals surface area contributed by atoms with Crippen molar-refractivity contribution in [2.45, 2.75) is 6.54 Å². The van der Waals surface area contributed by atoms with Crippen LogP contribution in [0.25, 0.3) is 0 Å². The Morgan fingerprint density at radius 1 is 1.38 bits per heavy atom. The summed E-state index contributed by atoms with van der Waals surface area (Å²) in [6, 6.07) is 3.45. The molecular weight excluding hydrogens is 394 g/mol. The number of urea groups is 1. The lowest BCUT2D eigenvalue weighted by molar-refractivity contribution is -0.137. The maximum absolute atomic E-state index is 12.9. The molecule has 110 valence electrons. The van der Waals surface area contributed by atoms with Gasteiger partial charge < -0.3 is 15.7 Å². The van der Waals surface area contributed by atoms with Gasteiger partial charge in [-0.2, -0.15) is 5.10 Å². The van der Waals surface area contributed by atoms with Gasteiger partial charge in [0.05, 0.1) is 17.6 Å². The van der Waals surface area contributed by atoms with E-state index in [1.807, 2.05) is 22.6 Å². The highest BCUT2D eigenvalue weighted by Crippen LogP contribution is 2.19. The number of hydrogen-bond acceptors (Lipinski definition) is 3. The van der Waals surface area contributed by atoms with Crippen LogP contribution < -0.4 is 10.6 Å². The van der Waals surface area contributed by atoms with Crippen LogP contribution in [-0.4, -0.2) is 26.9 Å². The van der Waals surface area contributed by atoms with Crippen LogP contribution in [0.3, 0.4) is 0 Å². The van der Waals surface area contributed by atoms with E-state index in [1.165, 1.54) is 35.3 Å². The summed E-state index contributed by atoms with van der Waals surface area (Å²) in [4.78, 5) is 22.3. The predicted octanol–water partition coefficient (Wildman–Crippen LogP) is 2.36. The van der Waals surface area contributed by atoms with E-state index in [2.05, 4.69) is 15.7 Å². The number of carbonyl (C=O) groups is 2. The largest absolute Gasteiger partial charge is 0.480 e. The van der Waals surface area contributed by atoms with Crippen LogP contribution in [0, 0.1) is 9.39 Å². The molecule has 7 nitrogen and oxygen atoms in total. The van der Waals surface area contributed by atoms with Crippen molar-refractivity contribution in [1.29, 1.82) is 0 Å². The van der Waals surface area contributed by atoms with Gasteiger partial charge in [0.25, 0.3) is 0 Å². The third-order valence-electron chi connectivity index (χ3n) is 2.37. The molecule has 0 unspecified atom stereocenters. The van der Waals surface area contributed by atoms with Crippen LogP contribution in [0.15, 0.2) is 30.6 Å². The summed E-state index contributed by atoms with van der Waals surface area (Å²) in [7, 11) is 0. The molecule has 0 aliphatic heterocycles. The van der Waals surface area contributed by atoms with Crippen molar-refractivity contribution in [3.8, 4) is 0 Å². The maximum atomic E-state index is 12.9. The minimum Gasteiger partial charge on any atom is -0.480 e. The summed E-state index contributed by atoms with van der Waals surface area (Å²) in [5.74, 6) is -1.42. The molecular formula is C12H10FIN4O3. The fraction of sp³-hybridized carbons (Fsp3) is 0.0833. The molecule has 2 rings (SSSR count). The number of nitrogens with one attached hydrogen (secondary N) is 2. The molecule has 0 aliphatic carbocycles. The van der Waals surface area contributed by atoms with Crippen molar-refractivity contribution in [3.63, 3.8) is 0 Å². The lowest BCUT2D eigenvalue weighted by atomic mass is 10.3. The van der Waals surface area contributed by atoms with Crippen molar-refractivity contribution >= 4 is 46.0 Å². The molecule has 0 aliphatic rings. The van der Waals surface area contributed by atoms with Crippen LogP contribution in [0.1, 0.15) is 0 Å². The molecule has 0 atom stereocenters. The standard InChI is InChI=1S/C12H10FIN4O3/c13-7-1-2-10(9(14)3-7)17-12(21)16-8-4-15-18(5-8)6-11(19)20/h1-5H,6H2,(H,19,20)(H2,16,17,21). The zero-order chi connectivity index (χ0) is 15.4. The number of carboxylic acid groups (broad SMARTS) is 1. The molecule has 1 aromatic carbocycles. The van der Waals surface area contributed by atoms with Crippen LogP contribution in [0.4, 0.5) is 20.6 Å². The average molecular weight is 404 g/mol. The highest BCUT2D eigenvalue weighted by atomic mass is 127. The van der Waals surface area contributed by atoms with Gasteiger partial charge in [-0.1, -0.05) is 0 Å². The number of benzene rings is 1. The molecule has 0 spiro atoms. The van der Waals surface area contributed by atoms with Crippen LogP contribution in [0.5, 0.6) is 0 Å². The van der Waals surface area contributed by atoms with Crippen molar-refractivity contribution in [3.05, 3.63) is 40.0 Å². The molecule has 2 aromatic rings. The van der Waals surface area contributed by atoms with E-state index in [-0.39, 0.29) is 12.4 Å². The van der Waals surface area contributed by atoms with E-state index in [4.69, 9.17) is 5.11 Å². The monoisotopic (exact) mass is 404 g/mol. The van der Waals surface area contributed by atoms with Gasteiger partial charge in [0, 0.05) is 9.77 Å². The predicted molar refractivity (Wildman–Crippen MR) is 81.6 cm³/mol. The van der Waals surface area contributed by atoms with Gasteiger partial charge in [-0.25, -0.2) is 9.18 Å². The Morgan fingerprint density at radius 2 is 2.14 bits per heavy atom. The second-order valence-electron chi connectivity index (χ2n) is 4.02. The summed E-state index contributed by atoms with van der Waals surface area (Å²) in [6.45, 7) is -0.293. The fourth-order valence-electron chi connectivity index (χ4n) is 1.53. The zero-order valence-corrected chi connectivity index (χ0v) is 12.7. The van der Waals surface area contributed by atoms with Gasteiger partial charge in [0.1, 0.15) is 12.4 Å². The van der Waals surface area contributed by atoms with Crippen LogP contribution >= 0.6 is 22.6 Å². The van der Waals surface area contributed by atoms with E-state index in [0.717, 1.165) is 0 Å². The normalized spacial score (nSPS) is 10.2. The number of carbonyl (C=O) groups excluding carboxylic acids is 1. The Balaban J connectivity index is 1.98. The van der Waals surface area contributed by atoms with Gasteiger partial charge in [-0.05, 0) is 40.8 Å². The topological polar surface area (TPSA) is 96.2 Å². The minimum absolute atomic E-state index is 0.293. The number of rotatable bonds is 4. The molecule has 0 saturated heterocycles. The number of carboxylic acids is 1. The number of aliphatic carboxylic acids is 1. The first kappa shape index (κ1) is 15.2. The van der Waals surface area contributed by atoms with Crippen molar-refractivity contribution in [2.24, 2.45) is 0 Å². The van der Waals surface area contributed by atoms with E-state index in [0.29, 0.717) is 14.9 Å². The smallest absolute Gasteiger partial charge is 0.325 e.